The van der Waals surface area contributed by atoms with E-state index in [1.54, 1.807) is 11.9 Å². The molecule has 192 valence electrons. The second-order valence-electron chi connectivity index (χ2n) is 10.5. The molecule has 1 fully saturated rings. The Hall–Kier alpha value is -2.64. The van der Waals surface area contributed by atoms with Gasteiger partial charge in [0, 0.05) is 47.2 Å². The Kier molecular flexibility index (Phi) is 7.90. The van der Waals surface area contributed by atoms with E-state index < -0.39 is 6.04 Å². The van der Waals surface area contributed by atoms with Crippen LogP contribution >= 0.6 is 15.9 Å². The number of nitrogens with one attached hydrogen (secondary N) is 1. The summed E-state index contributed by atoms with van der Waals surface area (Å²) < 4.78 is 0.973. The summed E-state index contributed by atoms with van der Waals surface area (Å²) in [5, 5.41) is 1.02. The Morgan fingerprint density at radius 3 is 2.33 bits per heavy atom. The van der Waals surface area contributed by atoms with Crippen molar-refractivity contribution in [3.8, 4) is 0 Å². The fraction of sp³-hybridized carbons (Fsp3) is 0.448. The van der Waals surface area contributed by atoms with Crippen LogP contribution in [0.25, 0.3) is 10.9 Å². The van der Waals surface area contributed by atoms with Gasteiger partial charge >= 0.3 is 0 Å². The maximum atomic E-state index is 13.8. The summed E-state index contributed by atoms with van der Waals surface area (Å²) in [5.74, 6) is 0.00742. The smallest absolute Gasteiger partial charge is 0.245 e. The van der Waals surface area contributed by atoms with Crippen molar-refractivity contribution in [3.63, 3.8) is 0 Å². The van der Waals surface area contributed by atoms with E-state index in [-0.39, 0.29) is 29.7 Å². The highest BCUT2D eigenvalue weighted by molar-refractivity contribution is 9.10. The third-order valence-electron chi connectivity index (χ3n) is 7.84. The number of carbonyl (C=O) groups excluding carboxylic acids is 2. The third kappa shape index (κ3) is 5.09. The number of likely N-dealkylation sites (N-methyl/N-ethyl adjacent to an activating group) is 1. The van der Waals surface area contributed by atoms with Gasteiger partial charge in [-0.15, -0.1) is 0 Å². The van der Waals surface area contributed by atoms with E-state index >= 15 is 0 Å². The molecular weight excluding hydrogens is 516 g/mol. The first-order chi connectivity index (χ1) is 17.1. The number of hydrogen-bond acceptors (Lipinski definition) is 3. The molecule has 2 aromatic carbocycles. The predicted molar refractivity (Wildman–Crippen MR) is 149 cm³/mol. The highest BCUT2D eigenvalue weighted by Crippen LogP contribution is 2.37. The summed E-state index contributed by atoms with van der Waals surface area (Å²) in [6.07, 6.45) is 3.87. The highest BCUT2D eigenvalue weighted by Gasteiger charge is 2.41. The van der Waals surface area contributed by atoms with Gasteiger partial charge in [0.15, 0.2) is 0 Å². The Bertz CT molecular complexity index is 1210. The van der Waals surface area contributed by atoms with Gasteiger partial charge in [-0.05, 0) is 62.2 Å². The summed E-state index contributed by atoms with van der Waals surface area (Å²) in [6, 6.07) is 16.1. The van der Waals surface area contributed by atoms with Gasteiger partial charge in [-0.3, -0.25) is 14.5 Å². The second kappa shape index (κ2) is 10.8. The number of piperidine rings is 1. The van der Waals surface area contributed by atoms with E-state index in [2.05, 4.69) is 64.2 Å². The van der Waals surface area contributed by atoms with Crippen LogP contribution in [0.15, 0.2) is 59.2 Å². The maximum Gasteiger partial charge on any atom is 0.245 e. The molecule has 1 saturated heterocycles. The number of aromatic nitrogens is 1. The van der Waals surface area contributed by atoms with Gasteiger partial charge in [0.1, 0.15) is 6.04 Å². The largest absolute Gasteiger partial charge is 0.361 e. The fourth-order valence-corrected chi connectivity index (χ4v) is 6.03. The molecule has 6 nitrogen and oxygen atoms in total. The molecule has 3 aromatic rings. The number of nitrogens with zero attached hydrogens (tertiary/aromatic N) is 3. The Morgan fingerprint density at radius 1 is 1.06 bits per heavy atom. The first-order valence-electron chi connectivity index (χ1n) is 12.7. The van der Waals surface area contributed by atoms with Gasteiger partial charge < -0.3 is 14.8 Å². The molecule has 1 aromatic heterocycles. The van der Waals surface area contributed by atoms with Crippen molar-refractivity contribution in [1.29, 1.82) is 0 Å². The van der Waals surface area contributed by atoms with Gasteiger partial charge in [0.05, 0.1) is 6.42 Å². The molecule has 0 aliphatic carbocycles. The van der Waals surface area contributed by atoms with Crippen LogP contribution in [0.4, 0.5) is 0 Å². The number of hydrogen-bond donors (Lipinski definition) is 1. The lowest BCUT2D eigenvalue weighted by atomic mass is 9.79. The van der Waals surface area contributed by atoms with Crippen molar-refractivity contribution >= 4 is 38.6 Å². The van der Waals surface area contributed by atoms with Crippen LogP contribution in [0, 0.1) is 5.92 Å². The average Bonchev–Trinajstić information content (AvgIpc) is 3.25. The minimum atomic E-state index is -0.488. The number of H-pyrrole nitrogens is 1. The molecule has 2 heterocycles. The molecule has 36 heavy (non-hydrogen) atoms. The zero-order chi connectivity index (χ0) is 26.0. The van der Waals surface area contributed by atoms with E-state index in [9.17, 15) is 9.59 Å². The fourth-order valence-electron chi connectivity index (χ4n) is 5.66. The van der Waals surface area contributed by atoms with E-state index in [4.69, 9.17) is 0 Å². The lowest BCUT2D eigenvalue weighted by molar-refractivity contribution is -0.147. The van der Waals surface area contributed by atoms with Crippen LogP contribution in [0.5, 0.6) is 0 Å². The molecule has 0 radical (unpaired) electrons. The van der Waals surface area contributed by atoms with E-state index in [0.717, 1.165) is 33.8 Å². The third-order valence-corrected chi connectivity index (χ3v) is 8.33. The molecule has 2 amide bonds. The first kappa shape index (κ1) is 26.4. The number of halogens is 1. The van der Waals surface area contributed by atoms with Crippen molar-refractivity contribution in [1.82, 2.24) is 19.7 Å². The van der Waals surface area contributed by atoms with E-state index in [1.165, 1.54) is 5.56 Å². The highest BCUT2D eigenvalue weighted by atomic mass is 79.9. The predicted octanol–water partition coefficient (Wildman–Crippen LogP) is 5.04. The molecule has 7 heteroatoms. The number of fused-ring (bicyclic) bond motifs is 1. The molecule has 0 bridgehead atoms. The Labute approximate surface area is 222 Å². The summed E-state index contributed by atoms with van der Waals surface area (Å²) in [7, 11) is 6.02. The number of benzene rings is 2. The van der Waals surface area contributed by atoms with Crippen molar-refractivity contribution in [3.05, 3.63) is 70.3 Å². The normalized spacial score (nSPS) is 16.5. The van der Waals surface area contributed by atoms with Crippen molar-refractivity contribution in [2.75, 3.05) is 34.2 Å². The minimum Gasteiger partial charge on any atom is -0.361 e. The van der Waals surface area contributed by atoms with Gasteiger partial charge in [0.2, 0.25) is 11.8 Å². The van der Waals surface area contributed by atoms with E-state index in [1.807, 2.05) is 49.2 Å². The average molecular weight is 554 g/mol. The molecule has 4 rings (SSSR count). The zero-order valence-electron chi connectivity index (χ0n) is 21.9. The van der Waals surface area contributed by atoms with Gasteiger partial charge in [-0.25, -0.2) is 0 Å². The Morgan fingerprint density at radius 2 is 1.72 bits per heavy atom. The van der Waals surface area contributed by atoms with Crippen molar-refractivity contribution in [2.45, 2.75) is 44.7 Å². The van der Waals surface area contributed by atoms with Crippen molar-refractivity contribution < 1.29 is 9.59 Å². The molecule has 1 aliphatic rings. The molecule has 0 saturated carbocycles. The van der Waals surface area contributed by atoms with Crippen LogP contribution in [-0.2, 0) is 21.5 Å². The summed E-state index contributed by atoms with van der Waals surface area (Å²) >= 11 is 3.52. The van der Waals surface area contributed by atoms with Gasteiger partial charge in [-0.1, -0.05) is 60.1 Å². The second-order valence-corrected chi connectivity index (χ2v) is 11.4. The maximum absolute atomic E-state index is 13.8. The Balaban J connectivity index is 1.48. The van der Waals surface area contributed by atoms with Crippen molar-refractivity contribution in [2.24, 2.45) is 5.92 Å². The first-order valence-corrected chi connectivity index (χ1v) is 13.5. The number of rotatable bonds is 7. The molecule has 0 spiro atoms. The van der Waals surface area contributed by atoms with E-state index in [0.29, 0.717) is 13.1 Å². The van der Waals surface area contributed by atoms with Crippen LogP contribution in [0.2, 0.25) is 0 Å². The minimum absolute atomic E-state index is 0.0122. The molecule has 1 unspecified atom stereocenters. The van der Waals surface area contributed by atoms with Crippen LogP contribution < -0.4 is 0 Å². The molecule has 1 aliphatic heterocycles. The quantitative estimate of drug-likeness (QED) is 0.447. The van der Waals surface area contributed by atoms with Crippen LogP contribution in [0.1, 0.15) is 37.8 Å². The number of carbonyl (C=O) groups is 2. The molecule has 1 N–H and O–H groups in total. The lowest BCUT2D eigenvalue weighted by Gasteiger charge is -2.47. The molecule has 1 atom stereocenters. The van der Waals surface area contributed by atoms with Gasteiger partial charge in [-0.2, -0.15) is 0 Å². The SMILES string of the molecule is CC(C)C(C(=O)N1CCC(c2ccccc2)(N(C)C)CC1)N(C)C(=O)Cc1c[nH]c2ccc(Br)cc12. The molecular formula is C29H37BrN4O2. The van der Waals surface area contributed by atoms with Crippen LogP contribution in [0.3, 0.4) is 0 Å². The number of amides is 2. The number of likely N-dealkylation sites (tertiary alicyclic amines) is 1. The van der Waals surface area contributed by atoms with Gasteiger partial charge in [0.25, 0.3) is 0 Å². The monoisotopic (exact) mass is 552 g/mol. The number of aromatic amines is 1. The summed E-state index contributed by atoms with van der Waals surface area (Å²) in [6.45, 7) is 5.39. The summed E-state index contributed by atoms with van der Waals surface area (Å²) in [5.41, 5.74) is 3.14. The van der Waals surface area contributed by atoms with Crippen LogP contribution in [-0.4, -0.2) is 71.8 Å². The lowest BCUT2D eigenvalue weighted by Crippen LogP contribution is -2.57. The standard InChI is InChI=1S/C29H37BrN4O2/c1-20(2)27(33(5)26(35)17-21-19-31-25-12-11-23(30)18-24(21)25)28(36)34-15-13-29(14-16-34,32(3)4)22-9-7-6-8-10-22/h6-12,18-20,27,31H,13-17H2,1-5H3. The topological polar surface area (TPSA) is 59.7 Å². The summed E-state index contributed by atoms with van der Waals surface area (Å²) in [4.78, 5) is 36.3. The zero-order valence-corrected chi connectivity index (χ0v) is 23.5.